The lowest BCUT2D eigenvalue weighted by Crippen LogP contribution is -2.23. The van der Waals surface area contributed by atoms with Crippen LogP contribution in [0.2, 0.25) is 10.0 Å². The maximum atomic E-state index is 12.3. The monoisotopic (exact) mass is 349 g/mol. The third-order valence-electron chi connectivity index (χ3n) is 3.95. The van der Waals surface area contributed by atoms with E-state index in [1.54, 1.807) is 24.4 Å². The molecule has 0 unspecified atom stereocenters. The Bertz CT molecular complexity index is 922. The van der Waals surface area contributed by atoms with Crippen LogP contribution in [-0.4, -0.2) is 32.8 Å². The van der Waals surface area contributed by atoms with E-state index in [0.29, 0.717) is 32.7 Å². The summed E-state index contributed by atoms with van der Waals surface area (Å²) in [7, 11) is 0. The molecular weight excluding hydrogens is 337 g/mol. The molecule has 2 aromatic heterocycles. The summed E-state index contributed by atoms with van der Waals surface area (Å²) in [6, 6.07) is 5.21. The van der Waals surface area contributed by atoms with Crippen molar-refractivity contribution in [2.24, 2.45) is 0 Å². The molecule has 1 aliphatic heterocycles. The summed E-state index contributed by atoms with van der Waals surface area (Å²) in [5.41, 5.74) is 0.703. The molecule has 4 rings (SSSR count). The van der Waals surface area contributed by atoms with Crippen molar-refractivity contribution in [3.8, 4) is 5.69 Å². The van der Waals surface area contributed by atoms with E-state index in [9.17, 15) is 4.79 Å². The molecule has 23 heavy (non-hydrogen) atoms. The van der Waals surface area contributed by atoms with Gasteiger partial charge in [-0.1, -0.05) is 29.3 Å². The minimum atomic E-state index is -0.216. The number of halogens is 2. The molecule has 0 atom stereocenters. The number of nitrogens with zero attached hydrogens (tertiary/aromatic N) is 4. The second-order valence-corrected chi connectivity index (χ2v) is 6.28. The average molecular weight is 350 g/mol. The lowest BCUT2D eigenvalue weighted by molar-refractivity contribution is 0.875. The zero-order valence-corrected chi connectivity index (χ0v) is 13.6. The second kappa shape index (κ2) is 5.54. The molecule has 1 saturated heterocycles. The van der Waals surface area contributed by atoms with Gasteiger partial charge in [-0.2, -0.15) is 4.98 Å². The molecule has 0 aliphatic carbocycles. The fourth-order valence-corrected chi connectivity index (χ4v) is 3.38. The molecule has 3 heterocycles. The van der Waals surface area contributed by atoms with Crippen LogP contribution in [0.15, 0.2) is 29.2 Å². The summed E-state index contributed by atoms with van der Waals surface area (Å²) in [5.74, 6) is 0.565. The number of aromatic amines is 1. The van der Waals surface area contributed by atoms with Crippen LogP contribution in [0.3, 0.4) is 0 Å². The van der Waals surface area contributed by atoms with Gasteiger partial charge < -0.3 is 4.90 Å². The molecule has 118 valence electrons. The number of fused-ring (bicyclic) bond motifs is 1. The van der Waals surface area contributed by atoms with Crippen molar-refractivity contribution in [3.05, 3.63) is 44.8 Å². The molecule has 3 aromatic rings. The van der Waals surface area contributed by atoms with E-state index in [1.165, 1.54) is 4.68 Å². The third kappa shape index (κ3) is 2.48. The highest BCUT2D eigenvalue weighted by molar-refractivity contribution is 6.37. The first-order chi connectivity index (χ1) is 11.1. The first-order valence-electron chi connectivity index (χ1n) is 7.32. The minimum Gasteiger partial charge on any atom is -0.342 e. The van der Waals surface area contributed by atoms with Crippen LogP contribution in [0.1, 0.15) is 12.8 Å². The van der Waals surface area contributed by atoms with Crippen molar-refractivity contribution >= 4 is 40.2 Å². The van der Waals surface area contributed by atoms with Crippen LogP contribution in [0.4, 0.5) is 5.95 Å². The zero-order chi connectivity index (χ0) is 16.0. The quantitative estimate of drug-likeness (QED) is 0.772. The molecule has 0 amide bonds. The molecule has 0 bridgehead atoms. The summed E-state index contributed by atoms with van der Waals surface area (Å²) in [6.45, 7) is 1.79. The lowest BCUT2D eigenvalue weighted by Gasteiger charge is -2.14. The maximum Gasteiger partial charge on any atom is 0.263 e. The van der Waals surface area contributed by atoms with E-state index in [-0.39, 0.29) is 5.56 Å². The van der Waals surface area contributed by atoms with Gasteiger partial charge in [-0.15, -0.1) is 5.10 Å². The van der Waals surface area contributed by atoms with E-state index >= 15 is 0 Å². The largest absolute Gasteiger partial charge is 0.342 e. The van der Waals surface area contributed by atoms with Crippen LogP contribution < -0.4 is 10.5 Å². The average Bonchev–Trinajstić information content (AvgIpc) is 3.16. The zero-order valence-electron chi connectivity index (χ0n) is 12.1. The minimum absolute atomic E-state index is 0.216. The normalized spacial score (nSPS) is 14.8. The van der Waals surface area contributed by atoms with Gasteiger partial charge in [0.25, 0.3) is 5.56 Å². The number of rotatable bonds is 2. The summed E-state index contributed by atoms with van der Waals surface area (Å²) < 4.78 is 1.51. The first kappa shape index (κ1) is 14.5. The van der Waals surface area contributed by atoms with Gasteiger partial charge in [0.15, 0.2) is 5.65 Å². The van der Waals surface area contributed by atoms with Crippen LogP contribution in [0.25, 0.3) is 16.7 Å². The van der Waals surface area contributed by atoms with Crippen molar-refractivity contribution in [1.29, 1.82) is 0 Å². The van der Waals surface area contributed by atoms with Crippen LogP contribution in [-0.2, 0) is 0 Å². The van der Waals surface area contributed by atoms with Crippen LogP contribution in [0, 0.1) is 0 Å². The van der Waals surface area contributed by atoms with E-state index in [0.717, 1.165) is 25.9 Å². The Morgan fingerprint density at radius 1 is 1.13 bits per heavy atom. The fraction of sp³-hybridized carbons (Fsp3) is 0.267. The number of aromatic nitrogens is 4. The second-order valence-electron chi connectivity index (χ2n) is 5.46. The van der Waals surface area contributed by atoms with E-state index in [1.807, 2.05) is 0 Å². The third-order valence-corrected chi connectivity index (χ3v) is 4.56. The Labute approximate surface area is 141 Å². The molecule has 0 saturated carbocycles. The number of anilines is 1. The Morgan fingerprint density at radius 2 is 1.83 bits per heavy atom. The number of hydrogen-bond acceptors (Lipinski definition) is 4. The summed E-state index contributed by atoms with van der Waals surface area (Å²) in [5, 5.41) is 5.71. The van der Waals surface area contributed by atoms with Gasteiger partial charge in [-0.3, -0.25) is 9.78 Å². The Morgan fingerprint density at radius 3 is 2.52 bits per heavy atom. The Balaban J connectivity index is 1.88. The molecule has 0 radical (unpaired) electrons. The predicted molar refractivity (Wildman–Crippen MR) is 91.0 cm³/mol. The van der Waals surface area contributed by atoms with Crippen molar-refractivity contribution in [2.75, 3.05) is 18.0 Å². The number of benzene rings is 1. The van der Waals surface area contributed by atoms with Gasteiger partial charge in [0, 0.05) is 19.3 Å². The molecule has 8 heteroatoms. The molecule has 6 nitrogen and oxygen atoms in total. The van der Waals surface area contributed by atoms with Gasteiger partial charge in [0.2, 0.25) is 5.95 Å². The van der Waals surface area contributed by atoms with Crippen molar-refractivity contribution < 1.29 is 0 Å². The highest BCUT2D eigenvalue weighted by Crippen LogP contribution is 2.28. The van der Waals surface area contributed by atoms with Crippen LogP contribution >= 0.6 is 23.2 Å². The molecule has 1 N–H and O–H groups in total. The topological polar surface area (TPSA) is 66.8 Å². The number of nitrogens with one attached hydrogen (secondary N) is 1. The number of para-hydroxylation sites is 1. The molecule has 1 aliphatic rings. The summed E-state index contributed by atoms with van der Waals surface area (Å²) in [6.07, 6.45) is 3.80. The molecule has 1 aromatic carbocycles. The van der Waals surface area contributed by atoms with E-state index in [2.05, 4.69) is 20.0 Å². The Kier molecular flexibility index (Phi) is 3.50. The summed E-state index contributed by atoms with van der Waals surface area (Å²) >= 11 is 12.4. The van der Waals surface area contributed by atoms with Crippen molar-refractivity contribution in [3.63, 3.8) is 0 Å². The highest BCUT2D eigenvalue weighted by atomic mass is 35.5. The number of hydrogen-bond donors (Lipinski definition) is 1. The molecular formula is C15H13Cl2N5O. The molecule has 0 spiro atoms. The number of H-pyrrole nitrogens is 1. The summed E-state index contributed by atoms with van der Waals surface area (Å²) in [4.78, 5) is 21.7. The SMILES string of the molecule is O=c1[nH]c(N2CCCC2)nc2nn(-c3c(Cl)cccc3Cl)cc12. The molecule has 1 fully saturated rings. The van der Waals surface area contributed by atoms with E-state index in [4.69, 9.17) is 23.2 Å². The van der Waals surface area contributed by atoms with Gasteiger partial charge >= 0.3 is 0 Å². The van der Waals surface area contributed by atoms with Gasteiger partial charge in [0.1, 0.15) is 11.1 Å². The smallest absolute Gasteiger partial charge is 0.263 e. The predicted octanol–water partition coefficient (Wildman–Crippen LogP) is 3.02. The lowest BCUT2D eigenvalue weighted by atomic mass is 10.3. The Hall–Kier alpha value is -2.05. The maximum absolute atomic E-state index is 12.3. The van der Waals surface area contributed by atoms with Crippen LogP contribution in [0.5, 0.6) is 0 Å². The van der Waals surface area contributed by atoms with Crippen molar-refractivity contribution in [2.45, 2.75) is 12.8 Å². The van der Waals surface area contributed by atoms with Gasteiger partial charge in [0.05, 0.1) is 10.0 Å². The first-order valence-corrected chi connectivity index (χ1v) is 8.08. The van der Waals surface area contributed by atoms with E-state index < -0.39 is 0 Å². The fourth-order valence-electron chi connectivity index (χ4n) is 2.81. The highest BCUT2D eigenvalue weighted by Gasteiger charge is 2.18. The van der Waals surface area contributed by atoms with Gasteiger partial charge in [-0.25, -0.2) is 4.68 Å². The van der Waals surface area contributed by atoms with Crippen molar-refractivity contribution in [1.82, 2.24) is 19.7 Å². The van der Waals surface area contributed by atoms with Gasteiger partial charge in [-0.05, 0) is 25.0 Å². The standard InChI is InChI=1S/C15H13Cl2N5O/c16-10-4-3-5-11(17)12(10)22-8-9-13(20-22)18-15(19-14(9)23)21-6-1-2-7-21/h3-5,8H,1-2,6-7H2,(H,18,19,20,23).